The third-order valence-electron chi connectivity index (χ3n) is 1.06. The zero-order chi connectivity index (χ0) is 7.49. The molecule has 4 heteroatoms. The number of carboxylic acid groups (broad SMARTS) is 1. The smallest absolute Gasteiger partial charge is 0.323 e. The van der Waals surface area contributed by atoms with E-state index in [-0.39, 0.29) is 5.48 Å². The predicted molar refractivity (Wildman–Crippen MR) is 38.7 cm³/mol. The van der Waals surface area contributed by atoms with Crippen LogP contribution in [-0.2, 0) is 4.79 Å². The van der Waals surface area contributed by atoms with E-state index in [1.165, 1.54) is 13.0 Å². The molecule has 1 atom stereocenters. The molecule has 0 aliphatic carbocycles. The molecule has 4 nitrogen and oxygen atoms in total. The Morgan fingerprint density at radius 2 is 2.30 bits per heavy atom. The Morgan fingerprint density at radius 1 is 1.90 bits per heavy atom. The summed E-state index contributed by atoms with van der Waals surface area (Å²) in [5, 5.41) is 8.40. The van der Waals surface area contributed by atoms with Gasteiger partial charge in [0.05, 0.1) is 0 Å². The van der Waals surface area contributed by atoms with Crippen molar-refractivity contribution in [2.45, 2.75) is 18.9 Å². The van der Waals surface area contributed by atoms with Gasteiger partial charge in [0.15, 0.2) is 0 Å². The number of carbonyl (C=O) groups is 1. The molecule has 0 heterocycles. The Hall–Kier alpha value is -0.870. The Balaban J connectivity index is 0. The molecule has 0 saturated heterocycles. The molecule has 0 saturated carbocycles. The molecule has 0 spiro atoms. The summed E-state index contributed by atoms with van der Waals surface area (Å²) >= 11 is 0. The van der Waals surface area contributed by atoms with Crippen LogP contribution in [0.1, 0.15) is 13.3 Å². The van der Waals surface area contributed by atoms with Crippen molar-refractivity contribution in [1.82, 2.24) is 0 Å². The standard InChI is InChI=1S/C6H11NO2.H2O/c1-3-4-6(2,7)5(8)9;/h3H,1,4,7H2,2H3,(H,8,9);1H2. The van der Waals surface area contributed by atoms with Crippen molar-refractivity contribution in [1.29, 1.82) is 0 Å². The maximum Gasteiger partial charge on any atom is 0.323 e. The van der Waals surface area contributed by atoms with Crippen molar-refractivity contribution in [2.24, 2.45) is 5.73 Å². The zero-order valence-electron chi connectivity index (χ0n) is 5.92. The lowest BCUT2D eigenvalue weighted by atomic mass is 10.0. The minimum absolute atomic E-state index is 0. The topological polar surface area (TPSA) is 94.8 Å². The van der Waals surface area contributed by atoms with Gasteiger partial charge >= 0.3 is 5.97 Å². The van der Waals surface area contributed by atoms with E-state index < -0.39 is 11.5 Å². The van der Waals surface area contributed by atoms with Gasteiger partial charge in [0.25, 0.3) is 0 Å². The summed E-state index contributed by atoms with van der Waals surface area (Å²) in [6.45, 7) is 4.84. The zero-order valence-corrected chi connectivity index (χ0v) is 5.92. The Bertz CT molecular complexity index is 131. The fourth-order valence-electron chi connectivity index (χ4n) is 0.387. The average molecular weight is 147 g/mol. The van der Waals surface area contributed by atoms with Gasteiger partial charge in [0.1, 0.15) is 5.54 Å². The molecule has 0 fully saturated rings. The monoisotopic (exact) mass is 147 g/mol. The van der Waals surface area contributed by atoms with Crippen molar-refractivity contribution in [3.05, 3.63) is 12.7 Å². The number of carboxylic acids is 1. The van der Waals surface area contributed by atoms with Crippen LogP contribution in [0.25, 0.3) is 0 Å². The molecule has 0 bridgehead atoms. The third kappa shape index (κ3) is 3.21. The van der Waals surface area contributed by atoms with Crippen molar-refractivity contribution < 1.29 is 15.4 Å². The van der Waals surface area contributed by atoms with E-state index in [0.29, 0.717) is 6.42 Å². The molecule has 0 aromatic carbocycles. The maximum atomic E-state index is 10.2. The summed E-state index contributed by atoms with van der Waals surface area (Å²) in [4.78, 5) is 10.2. The second kappa shape index (κ2) is 4.03. The summed E-state index contributed by atoms with van der Waals surface area (Å²) in [6, 6.07) is 0. The lowest BCUT2D eigenvalue weighted by molar-refractivity contribution is -0.142. The van der Waals surface area contributed by atoms with Gasteiger partial charge in [-0.1, -0.05) is 6.08 Å². The number of hydrogen-bond donors (Lipinski definition) is 2. The van der Waals surface area contributed by atoms with Gasteiger partial charge in [-0.05, 0) is 13.3 Å². The highest BCUT2D eigenvalue weighted by molar-refractivity contribution is 5.78. The van der Waals surface area contributed by atoms with Crippen LogP contribution in [-0.4, -0.2) is 22.1 Å². The van der Waals surface area contributed by atoms with Crippen LogP contribution in [0.3, 0.4) is 0 Å². The van der Waals surface area contributed by atoms with E-state index in [1.807, 2.05) is 0 Å². The first-order chi connectivity index (χ1) is 4.00. The second-order valence-electron chi connectivity index (χ2n) is 2.22. The fraction of sp³-hybridized carbons (Fsp3) is 0.500. The molecule has 0 radical (unpaired) electrons. The highest BCUT2D eigenvalue weighted by Crippen LogP contribution is 2.04. The lowest BCUT2D eigenvalue weighted by Gasteiger charge is -2.15. The number of rotatable bonds is 3. The van der Waals surface area contributed by atoms with E-state index in [4.69, 9.17) is 10.8 Å². The molecule has 5 N–H and O–H groups in total. The second-order valence-corrected chi connectivity index (χ2v) is 2.22. The van der Waals surface area contributed by atoms with Gasteiger partial charge in [-0.2, -0.15) is 0 Å². The van der Waals surface area contributed by atoms with Crippen molar-refractivity contribution in [3.8, 4) is 0 Å². The van der Waals surface area contributed by atoms with Crippen LogP contribution in [0.5, 0.6) is 0 Å². The summed E-state index contributed by atoms with van der Waals surface area (Å²) in [5.74, 6) is -0.998. The molecule has 0 rings (SSSR count). The first kappa shape index (κ1) is 11.9. The minimum Gasteiger partial charge on any atom is -0.480 e. The van der Waals surface area contributed by atoms with Gasteiger partial charge in [0.2, 0.25) is 0 Å². The molecular formula is C6H13NO3. The van der Waals surface area contributed by atoms with Crippen LogP contribution in [0.2, 0.25) is 0 Å². The highest BCUT2D eigenvalue weighted by atomic mass is 16.4. The molecular weight excluding hydrogens is 134 g/mol. The molecule has 10 heavy (non-hydrogen) atoms. The van der Waals surface area contributed by atoms with Crippen LogP contribution in [0, 0.1) is 0 Å². The van der Waals surface area contributed by atoms with Crippen LogP contribution >= 0.6 is 0 Å². The first-order valence-electron chi connectivity index (χ1n) is 2.64. The van der Waals surface area contributed by atoms with Gasteiger partial charge in [-0.15, -0.1) is 6.58 Å². The summed E-state index contributed by atoms with van der Waals surface area (Å²) in [5.41, 5.74) is 4.15. The molecule has 0 aliphatic heterocycles. The molecule has 0 aromatic heterocycles. The lowest BCUT2D eigenvalue weighted by Crippen LogP contribution is -2.44. The van der Waals surface area contributed by atoms with E-state index in [1.54, 1.807) is 0 Å². The van der Waals surface area contributed by atoms with E-state index in [9.17, 15) is 4.79 Å². The van der Waals surface area contributed by atoms with Gasteiger partial charge in [0, 0.05) is 0 Å². The molecule has 0 aliphatic rings. The molecule has 60 valence electrons. The van der Waals surface area contributed by atoms with Crippen molar-refractivity contribution in [2.75, 3.05) is 0 Å². The summed E-state index contributed by atoms with van der Waals surface area (Å²) in [7, 11) is 0. The van der Waals surface area contributed by atoms with E-state index in [0.717, 1.165) is 0 Å². The quantitative estimate of drug-likeness (QED) is 0.529. The normalized spacial score (nSPS) is 14.6. The first-order valence-corrected chi connectivity index (χ1v) is 2.64. The predicted octanol–water partition coefficient (Wildman–Crippen LogP) is -0.460. The van der Waals surface area contributed by atoms with E-state index in [2.05, 4.69) is 6.58 Å². The van der Waals surface area contributed by atoms with Crippen molar-refractivity contribution in [3.63, 3.8) is 0 Å². The maximum absolute atomic E-state index is 10.2. The summed E-state index contributed by atoms with van der Waals surface area (Å²) in [6.07, 6.45) is 1.79. The molecule has 0 aromatic rings. The van der Waals surface area contributed by atoms with Crippen LogP contribution in [0.4, 0.5) is 0 Å². The fourth-order valence-corrected chi connectivity index (χ4v) is 0.387. The van der Waals surface area contributed by atoms with Crippen LogP contribution < -0.4 is 5.73 Å². The Morgan fingerprint density at radius 3 is 2.40 bits per heavy atom. The van der Waals surface area contributed by atoms with Gasteiger partial charge in [-0.3, -0.25) is 4.79 Å². The third-order valence-corrected chi connectivity index (χ3v) is 1.06. The van der Waals surface area contributed by atoms with Crippen LogP contribution in [0.15, 0.2) is 12.7 Å². The average Bonchev–Trinajstić information content (AvgIpc) is 1.65. The number of nitrogens with two attached hydrogens (primary N) is 1. The number of aliphatic carboxylic acids is 1. The van der Waals surface area contributed by atoms with E-state index >= 15 is 0 Å². The highest BCUT2D eigenvalue weighted by Gasteiger charge is 2.25. The SMILES string of the molecule is C=CCC(C)(N)C(=O)O.O. The molecule has 0 amide bonds. The Labute approximate surface area is 59.7 Å². The Kier molecular flexibility index (Phi) is 4.78. The summed E-state index contributed by atoms with van der Waals surface area (Å²) < 4.78 is 0. The number of hydrogen-bond acceptors (Lipinski definition) is 2. The van der Waals surface area contributed by atoms with Gasteiger partial charge < -0.3 is 16.3 Å². The largest absolute Gasteiger partial charge is 0.480 e. The minimum atomic E-state index is -1.15. The van der Waals surface area contributed by atoms with Crippen molar-refractivity contribution >= 4 is 5.97 Å². The van der Waals surface area contributed by atoms with Gasteiger partial charge in [-0.25, -0.2) is 0 Å². The molecule has 1 unspecified atom stereocenters.